The van der Waals surface area contributed by atoms with E-state index in [-0.39, 0.29) is 0 Å². The minimum Gasteiger partial charge on any atom is -0.288 e. The van der Waals surface area contributed by atoms with Gasteiger partial charge in [-0.15, -0.1) is 0 Å². The highest BCUT2D eigenvalue weighted by molar-refractivity contribution is 6.19. The molecule has 0 aliphatic carbocycles. The molecule has 21 heavy (non-hydrogen) atoms. The molecule has 0 spiro atoms. The Balaban J connectivity index is 2.37. The standard InChI is InChI=1S/C18H17NO2/c1-14(12-15-8-4-2-5-9-15)13-17(18(20)19-21)16-10-6-3-7-11-16/h2-13,21H,1H3,(H,19,20)/b14-12+,17-13+. The predicted molar refractivity (Wildman–Crippen MR) is 84.4 cm³/mol. The molecule has 2 aromatic rings. The molecule has 3 heteroatoms. The average molecular weight is 279 g/mol. The van der Waals surface area contributed by atoms with E-state index in [2.05, 4.69) is 0 Å². The van der Waals surface area contributed by atoms with E-state index in [1.165, 1.54) is 0 Å². The molecule has 2 rings (SSSR count). The van der Waals surface area contributed by atoms with E-state index < -0.39 is 5.91 Å². The lowest BCUT2D eigenvalue weighted by Crippen LogP contribution is -2.20. The number of allylic oxidation sites excluding steroid dienone is 2. The highest BCUT2D eigenvalue weighted by Gasteiger charge is 2.10. The minimum atomic E-state index is -0.526. The van der Waals surface area contributed by atoms with Crippen LogP contribution in [0.2, 0.25) is 0 Å². The number of hydrogen-bond acceptors (Lipinski definition) is 2. The van der Waals surface area contributed by atoms with Gasteiger partial charge in [0.05, 0.1) is 0 Å². The second-order valence-electron chi connectivity index (χ2n) is 4.66. The van der Waals surface area contributed by atoms with E-state index in [0.717, 1.165) is 16.7 Å². The smallest absolute Gasteiger partial charge is 0.275 e. The first-order chi connectivity index (χ1) is 10.2. The molecule has 2 N–H and O–H groups in total. The summed E-state index contributed by atoms with van der Waals surface area (Å²) in [6.45, 7) is 1.92. The third-order valence-electron chi connectivity index (χ3n) is 3.00. The first kappa shape index (κ1) is 14.8. The van der Waals surface area contributed by atoms with Crippen LogP contribution in [-0.2, 0) is 4.79 Å². The van der Waals surface area contributed by atoms with Crippen LogP contribution in [0.3, 0.4) is 0 Å². The highest BCUT2D eigenvalue weighted by Crippen LogP contribution is 2.18. The zero-order chi connectivity index (χ0) is 15.1. The maximum Gasteiger partial charge on any atom is 0.275 e. The van der Waals surface area contributed by atoms with Crippen molar-refractivity contribution >= 4 is 17.6 Å². The number of benzene rings is 2. The number of rotatable bonds is 4. The normalized spacial score (nSPS) is 12.1. The highest BCUT2D eigenvalue weighted by atomic mass is 16.5. The molecule has 0 saturated carbocycles. The Morgan fingerprint density at radius 3 is 2.14 bits per heavy atom. The number of hydrogen-bond donors (Lipinski definition) is 2. The van der Waals surface area contributed by atoms with Gasteiger partial charge in [0.1, 0.15) is 0 Å². The van der Waals surface area contributed by atoms with Gasteiger partial charge in [-0.1, -0.05) is 66.7 Å². The van der Waals surface area contributed by atoms with Crippen molar-refractivity contribution in [2.24, 2.45) is 0 Å². The van der Waals surface area contributed by atoms with Gasteiger partial charge in [0.15, 0.2) is 0 Å². The Hall–Kier alpha value is -2.65. The summed E-state index contributed by atoms with van der Waals surface area (Å²) in [5, 5.41) is 8.91. The van der Waals surface area contributed by atoms with Crippen LogP contribution in [0.5, 0.6) is 0 Å². The maximum absolute atomic E-state index is 11.8. The summed E-state index contributed by atoms with van der Waals surface area (Å²) in [5.74, 6) is -0.526. The van der Waals surface area contributed by atoms with E-state index in [1.807, 2.05) is 73.7 Å². The number of amides is 1. The molecule has 0 heterocycles. The molecule has 0 fully saturated rings. The van der Waals surface area contributed by atoms with Crippen LogP contribution < -0.4 is 5.48 Å². The Bertz CT molecular complexity index is 658. The van der Waals surface area contributed by atoms with Crippen molar-refractivity contribution < 1.29 is 10.0 Å². The Labute approximate surface area is 124 Å². The van der Waals surface area contributed by atoms with Crippen LogP contribution in [0.4, 0.5) is 0 Å². The average Bonchev–Trinajstić information content (AvgIpc) is 2.53. The van der Waals surface area contributed by atoms with Crippen molar-refractivity contribution in [2.45, 2.75) is 6.92 Å². The van der Waals surface area contributed by atoms with Crippen LogP contribution in [0, 0.1) is 0 Å². The fourth-order valence-corrected chi connectivity index (χ4v) is 2.04. The summed E-state index contributed by atoms with van der Waals surface area (Å²) in [6, 6.07) is 19.1. The van der Waals surface area contributed by atoms with Crippen molar-refractivity contribution in [1.82, 2.24) is 5.48 Å². The molecule has 1 amide bonds. The summed E-state index contributed by atoms with van der Waals surface area (Å²) >= 11 is 0. The molecule has 0 aliphatic heterocycles. The van der Waals surface area contributed by atoms with Crippen LogP contribution in [-0.4, -0.2) is 11.1 Å². The lowest BCUT2D eigenvalue weighted by molar-refractivity contribution is -0.123. The minimum absolute atomic E-state index is 0.419. The van der Waals surface area contributed by atoms with Crippen LogP contribution in [0.15, 0.2) is 72.3 Å². The Morgan fingerprint density at radius 1 is 1.00 bits per heavy atom. The number of nitrogens with one attached hydrogen (secondary N) is 1. The summed E-state index contributed by atoms with van der Waals surface area (Å²) in [5.41, 5.74) is 4.85. The van der Waals surface area contributed by atoms with E-state index >= 15 is 0 Å². The van der Waals surface area contributed by atoms with Gasteiger partial charge in [0.2, 0.25) is 0 Å². The molecule has 0 radical (unpaired) electrons. The van der Waals surface area contributed by atoms with E-state index in [9.17, 15) is 4.79 Å². The SMILES string of the molecule is CC(=C\c1ccccc1)/C=C(/C(=O)NO)c1ccccc1. The third-order valence-corrected chi connectivity index (χ3v) is 3.00. The lowest BCUT2D eigenvalue weighted by atomic mass is 10.0. The largest absolute Gasteiger partial charge is 0.288 e. The van der Waals surface area contributed by atoms with Gasteiger partial charge < -0.3 is 0 Å². The second-order valence-corrected chi connectivity index (χ2v) is 4.66. The molecule has 3 nitrogen and oxygen atoms in total. The van der Waals surface area contributed by atoms with Gasteiger partial charge >= 0.3 is 0 Å². The quantitative estimate of drug-likeness (QED) is 0.388. The van der Waals surface area contributed by atoms with Crippen molar-refractivity contribution in [1.29, 1.82) is 0 Å². The van der Waals surface area contributed by atoms with Gasteiger partial charge in [-0.3, -0.25) is 10.0 Å². The monoisotopic (exact) mass is 279 g/mol. The molecule has 0 unspecified atom stereocenters. The van der Waals surface area contributed by atoms with E-state index in [0.29, 0.717) is 5.57 Å². The van der Waals surface area contributed by atoms with Crippen LogP contribution >= 0.6 is 0 Å². The van der Waals surface area contributed by atoms with E-state index in [1.54, 1.807) is 11.6 Å². The zero-order valence-corrected chi connectivity index (χ0v) is 11.8. The molecule has 2 aromatic carbocycles. The van der Waals surface area contributed by atoms with Gasteiger partial charge in [-0.2, -0.15) is 0 Å². The number of hydroxylamine groups is 1. The molecule has 0 saturated heterocycles. The first-order valence-corrected chi connectivity index (χ1v) is 6.65. The van der Waals surface area contributed by atoms with Crippen LogP contribution in [0.1, 0.15) is 18.1 Å². The Kier molecular flexibility index (Phi) is 5.07. The fourth-order valence-electron chi connectivity index (χ4n) is 2.04. The van der Waals surface area contributed by atoms with Crippen LogP contribution in [0.25, 0.3) is 11.6 Å². The van der Waals surface area contributed by atoms with Gasteiger partial charge in [-0.05, 0) is 29.7 Å². The number of carbonyl (C=O) groups excluding carboxylic acids is 1. The zero-order valence-electron chi connectivity index (χ0n) is 11.8. The maximum atomic E-state index is 11.8. The molecular formula is C18H17NO2. The second kappa shape index (κ2) is 7.22. The predicted octanol–water partition coefficient (Wildman–Crippen LogP) is 3.68. The van der Waals surface area contributed by atoms with E-state index in [4.69, 9.17) is 5.21 Å². The molecule has 0 aromatic heterocycles. The first-order valence-electron chi connectivity index (χ1n) is 6.65. The number of carbonyl (C=O) groups is 1. The van der Waals surface area contributed by atoms with Gasteiger partial charge in [-0.25, -0.2) is 5.48 Å². The molecule has 0 bridgehead atoms. The summed E-state index contributed by atoms with van der Waals surface area (Å²) in [7, 11) is 0. The third kappa shape index (κ3) is 4.16. The Morgan fingerprint density at radius 2 is 1.57 bits per heavy atom. The topological polar surface area (TPSA) is 49.3 Å². The summed E-state index contributed by atoms with van der Waals surface area (Å²) < 4.78 is 0. The summed E-state index contributed by atoms with van der Waals surface area (Å²) in [4.78, 5) is 11.8. The van der Waals surface area contributed by atoms with Crippen molar-refractivity contribution in [2.75, 3.05) is 0 Å². The molecule has 0 aliphatic rings. The van der Waals surface area contributed by atoms with Gasteiger partial charge in [0, 0.05) is 5.57 Å². The molecule has 0 atom stereocenters. The van der Waals surface area contributed by atoms with Gasteiger partial charge in [0.25, 0.3) is 5.91 Å². The summed E-state index contributed by atoms with van der Waals surface area (Å²) in [6.07, 6.45) is 3.74. The molecule has 106 valence electrons. The molecular weight excluding hydrogens is 262 g/mol. The lowest BCUT2D eigenvalue weighted by Gasteiger charge is -2.06. The van der Waals surface area contributed by atoms with Crippen molar-refractivity contribution in [3.8, 4) is 0 Å². The fraction of sp³-hybridized carbons (Fsp3) is 0.0556. The van der Waals surface area contributed by atoms with Crippen molar-refractivity contribution in [3.63, 3.8) is 0 Å². The van der Waals surface area contributed by atoms with Crippen molar-refractivity contribution in [3.05, 3.63) is 83.4 Å².